The van der Waals surface area contributed by atoms with Gasteiger partial charge in [-0.1, -0.05) is 36.4 Å². The SMILES string of the molecule is COc1c(C(=O)NC(=S)Nc2ccc(CN3CCOCC3)cc2)cc2ccccc2c1Br. The molecule has 0 aromatic heterocycles. The lowest BCUT2D eigenvalue weighted by Crippen LogP contribution is -2.35. The number of hydrogen-bond acceptors (Lipinski definition) is 5. The molecule has 0 unspecified atom stereocenters. The molecule has 0 atom stereocenters. The minimum atomic E-state index is -0.338. The molecule has 0 aliphatic carbocycles. The van der Waals surface area contributed by atoms with E-state index in [1.165, 1.54) is 5.56 Å². The van der Waals surface area contributed by atoms with E-state index in [9.17, 15) is 4.79 Å². The average molecular weight is 514 g/mol. The summed E-state index contributed by atoms with van der Waals surface area (Å²) in [5, 5.41) is 7.95. The third kappa shape index (κ3) is 5.27. The van der Waals surface area contributed by atoms with Gasteiger partial charge in [-0.05, 0) is 62.7 Å². The van der Waals surface area contributed by atoms with Crippen LogP contribution >= 0.6 is 28.1 Å². The molecule has 166 valence electrons. The largest absolute Gasteiger partial charge is 0.495 e. The van der Waals surface area contributed by atoms with Crippen molar-refractivity contribution in [2.75, 3.05) is 38.7 Å². The molecular weight excluding hydrogens is 490 g/mol. The number of methoxy groups -OCH3 is 1. The van der Waals surface area contributed by atoms with Crippen LogP contribution in [0.25, 0.3) is 10.8 Å². The molecule has 1 saturated heterocycles. The van der Waals surface area contributed by atoms with E-state index in [0.717, 1.165) is 53.8 Å². The molecule has 0 saturated carbocycles. The van der Waals surface area contributed by atoms with Crippen molar-refractivity contribution in [1.29, 1.82) is 0 Å². The van der Waals surface area contributed by atoms with Gasteiger partial charge in [0.05, 0.1) is 30.4 Å². The van der Waals surface area contributed by atoms with Gasteiger partial charge in [0.15, 0.2) is 5.11 Å². The molecule has 1 amide bonds. The predicted molar refractivity (Wildman–Crippen MR) is 134 cm³/mol. The molecule has 6 nitrogen and oxygen atoms in total. The van der Waals surface area contributed by atoms with E-state index in [-0.39, 0.29) is 11.0 Å². The Morgan fingerprint density at radius 1 is 1.16 bits per heavy atom. The molecule has 0 spiro atoms. The van der Waals surface area contributed by atoms with E-state index < -0.39 is 0 Å². The number of halogens is 1. The first-order chi connectivity index (χ1) is 15.5. The zero-order valence-electron chi connectivity index (χ0n) is 17.7. The second kappa shape index (κ2) is 10.4. The van der Waals surface area contributed by atoms with Gasteiger partial charge < -0.3 is 14.8 Å². The number of nitrogens with one attached hydrogen (secondary N) is 2. The molecule has 8 heteroatoms. The van der Waals surface area contributed by atoms with Crippen molar-refractivity contribution < 1.29 is 14.3 Å². The fraction of sp³-hybridized carbons (Fsp3) is 0.250. The van der Waals surface area contributed by atoms with Crippen molar-refractivity contribution in [1.82, 2.24) is 10.2 Å². The summed E-state index contributed by atoms with van der Waals surface area (Å²) in [6, 6.07) is 17.6. The van der Waals surface area contributed by atoms with Crippen molar-refractivity contribution in [2.24, 2.45) is 0 Å². The summed E-state index contributed by atoms with van der Waals surface area (Å²) >= 11 is 8.93. The second-order valence-corrected chi connectivity index (χ2v) is 8.69. The highest BCUT2D eigenvalue weighted by Gasteiger charge is 2.19. The van der Waals surface area contributed by atoms with Crippen LogP contribution < -0.4 is 15.4 Å². The van der Waals surface area contributed by atoms with Gasteiger partial charge in [0, 0.05) is 25.3 Å². The standard InChI is InChI=1S/C24H24BrN3O3S/c1-30-22-20(14-17-4-2-3-5-19(17)21(22)25)23(29)27-24(32)26-18-8-6-16(7-9-18)15-28-10-12-31-13-11-28/h2-9,14H,10-13,15H2,1H3,(H2,26,27,29,32). The highest BCUT2D eigenvalue weighted by Crippen LogP contribution is 2.36. The van der Waals surface area contributed by atoms with Gasteiger partial charge in [0.25, 0.3) is 5.91 Å². The first-order valence-corrected chi connectivity index (χ1v) is 11.5. The van der Waals surface area contributed by atoms with Crippen molar-refractivity contribution in [3.63, 3.8) is 0 Å². The van der Waals surface area contributed by atoms with E-state index in [1.54, 1.807) is 13.2 Å². The maximum atomic E-state index is 12.9. The molecule has 1 fully saturated rings. The Balaban J connectivity index is 1.41. The number of ether oxygens (including phenoxy) is 2. The van der Waals surface area contributed by atoms with Crippen LogP contribution in [0.3, 0.4) is 0 Å². The van der Waals surface area contributed by atoms with E-state index in [2.05, 4.69) is 43.6 Å². The summed E-state index contributed by atoms with van der Waals surface area (Å²) in [5.41, 5.74) is 2.44. The topological polar surface area (TPSA) is 62.8 Å². The van der Waals surface area contributed by atoms with Crippen LogP contribution in [-0.2, 0) is 11.3 Å². The van der Waals surface area contributed by atoms with Crippen LogP contribution in [0.1, 0.15) is 15.9 Å². The quantitative estimate of drug-likeness (QED) is 0.487. The van der Waals surface area contributed by atoms with Crippen LogP contribution in [0.5, 0.6) is 5.75 Å². The minimum Gasteiger partial charge on any atom is -0.495 e. The first-order valence-electron chi connectivity index (χ1n) is 10.3. The fourth-order valence-electron chi connectivity index (χ4n) is 3.70. The Kier molecular flexibility index (Phi) is 7.36. The van der Waals surface area contributed by atoms with Crippen LogP contribution in [0.2, 0.25) is 0 Å². The Hall–Kier alpha value is -2.52. The summed E-state index contributed by atoms with van der Waals surface area (Å²) in [5.74, 6) is 0.131. The lowest BCUT2D eigenvalue weighted by molar-refractivity contribution is 0.0342. The van der Waals surface area contributed by atoms with Gasteiger partial charge in [-0.25, -0.2) is 0 Å². The van der Waals surface area contributed by atoms with Crippen molar-refractivity contribution in [2.45, 2.75) is 6.54 Å². The Bertz CT molecular complexity index is 1130. The number of anilines is 1. The molecule has 1 aliphatic heterocycles. The number of fused-ring (bicyclic) bond motifs is 1. The number of carbonyl (C=O) groups excluding carboxylic acids is 1. The maximum absolute atomic E-state index is 12.9. The summed E-state index contributed by atoms with van der Waals surface area (Å²) in [7, 11) is 1.54. The number of hydrogen-bond donors (Lipinski definition) is 2. The normalized spacial score (nSPS) is 14.2. The molecule has 0 bridgehead atoms. The molecule has 3 aromatic carbocycles. The summed E-state index contributed by atoms with van der Waals surface area (Å²) in [4.78, 5) is 15.3. The second-order valence-electron chi connectivity index (χ2n) is 7.49. The molecule has 3 aromatic rings. The minimum absolute atomic E-state index is 0.224. The smallest absolute Gasteiger partial charge is 0.261 e. The van der Waals surface area contributed by atoms with Gasteiger partial charge in [0.2, 0.25) is 0 Å². The van der Waals surface area contributed by atoms with Gasteiger partial charge in [-0.15, -0.1) is 0 Å². The average Bonchev–Trinajstić information content (AvgIpc) is 2.81. The van der Waals surface area contributed by atoms with Gasteiger partial charge in [0.1, 0.15) is 5.75 Å². The maximum Gasteiger partial charge on any atom is 0.261 e. The van der Waals surface area contributed by atoms with Gasteiger partial charge >= 0.3 is 0 Å². The lowest BCUT2D eigenvalue weighted by Gasteiger charge is -2.26. The monoisotopic (exact) mass is 513 g/mol. The lowest BCUT2D eigenvalue weighted by atomic mass is 10.1. The van der Waals surface area contributed by atoms with Crippen LogP contribution in [0.4, 0.5) is 5.69 Å². The van der Waals surface area contributed by atoms with Crippen molar-refractivity contribution >= 4 is 55.6 Å². The molecule has 32 heavy (non-hydrogen) atoms. The summed E-state index contributed by atoms with van der Waals surface area (Å²) in [6.45, 7) is 4.36. The Labute approximate surface area is 201 Å². The molecule has 4 rings (SSSR count). The van der Waals surface area contributed by atoms with E-state index in [1.807, 2.05) is 36.4 Å². The number of amides is 1. The molecular formula is C24H24BrN3O3S. The molecule has 1 aliphatic rings. The predicted octanol–water partition coefficient (Wildman–Crippen LogP) is 4.57. The van der Waals surface area contributed by atoms with E-state index in [0.29, 0.717) is 11.3 Å². The molecule has 2 N–H and O–H groups in total. The fourth-order valence-corrected chi connectivity index (χ4v) is 4.64. The van der Waals surface area contributed by atoms with Gasteiger partial charge in [-0.2, -0.15) is 0 Å². The van der Waals surface area contributed by atoms with Gasteiger partial charge in [-0.3, -0.25) is 15.0 Å². The van der Waals surface area contributed by atoms with Crippen LogP contribution in [0, 0.1) is 0 Å². The number of benzene rings is 3. The number of carbonyl (C=O) groups is 1. The number of rotatable bonds is 5. The van der Waals surface area contributed by atoms with E-state index >= 15 is 0 Å². The van der Waals surface area contributed by atoms with Crippen molar-refractivity contribution in [3.8, 4) is 5.75 Å². The van der Waals surface area contributed by atoms with Crippen LogP contribution in [-0.4, -0.2) is 49.3 Å². The number of morpholine rings is 1. The van der Waals surface area contributed by atoms with Crippen LogP contribution in [0.15, 0.2) is 59.1 Å². The highest BCUT2D eigenvalue weighted by molar-refractivity contribution is 9.10. The summed E-state index contributed by atoms with van der Waals surface area (Å²) in [6.07, 6.45) is 0. The number of thiocarbonyl (C=S) groups is 1. The molecule has 1 heterocycles. The third-order valence-corrected chi connectivity index (χ3v) is 6.33. The Morgan fingerprint density at radius 3 is 2.59 bits per heavy atom. The zero-order chi connectivity index (χ0) is 22.5. The summed E-state index contributed by atoms with van der Waals surface area (Å²) < 4.78 is 11.6. The highest BCUT2D eigenvalue weighted by atomic mass is 79.9. The zero-order valence-corrected chi connectivity index (χ0v) is 20.1. The Morgan fingerprint density at radius 2 is 1.88 bits per heavy atom. The number of nitrogens with zero attached hydrogens (tertiary/aromatic N) is 1. The van der Waals surface area contributed by atoms with Crippen molar-refractivity contribution in [3.05, 3.63) is 70.2 Å². The van der Waals surface area contributed by atoms with E-state index in [4.69, 9.17) is 21.7 Å². The molecule has 0 radical (unpaired) electrons. The first kappa shape index (κ1) is 22.7. The third-order valence-electron chi connectivity index (χ3n) is 5.34.